The minimum absolute atomic E-state index is 0.0593. The molecule has 0 spiro atoms. The molecule has 0 saturated carbocycles. The molecule has 1 amide bonds. The second-order valence-corrected chi connectivity index (χ2v) is 9.09. The average Bonchev–Trinajstić information content (AvgIpc) is 2.78. The van der Waals surface area contributed by atoms with Crippen molar-refractivity contribution in [1.29, 1.82) is 0 Å². The number of carbonyl (C=O) groups is 1. The van der Waals surface area contributed by atoms with Crippen LogP contribution in [0.1, 0.15) is 12.5 Å². The summed E-state index contributed by atoms with van der Waals surface area (Å²) in [4.78, 5) is 12.1. The maximum absolute atomic E-state index is 13.1. The van der Waals surface area contributed by atoms with Gasteiger partial charge >= 0.3 is 0 Å². The van der Waals surface area contributed by atoms with Crippen molar-refractivity contribution in [2.75, 3.05) is 29.1 Å². The average molecular weight is 473 g/mol. The van der Waals surface area contributed by atoms with Gasteiger partial charge in [0.05, 0.1) is 25.1 Å². The molecule has 33 heavy (non-hydrogen) atoms. The number of amides is 1. The molecule has 3 rings (SSSR count). The molecule has 0 aliphatic rings. The molecule has 3 aromatic rings. The summed E-state index contributed by atoms with van der Waals surface area (Å²) in [5.41, 5.74) is 1.69. The van der Waals surface area contributed by atoms with E-state index in [0.717, 1.165) is 12.0 Å². The van der Waals surface area contributed by atoms with Crippen LogP contribution in [-0.2, 0) is 21.4 Å². The summed E-state index contributed by atoms with van der Waals surface area (Å²) in [5, 5.41) is 2.73. The minimum atomic E-state index is -3.58. The first-order valence-electron chi connectivity index (χ1n) is 10.2. The second kappa shape index (κ2) is 10.8. The van der Waals surface area contributed by atoms with E-state index in [1.165, 1.54) is 28.6 Å². The third-order valence-electron chi connectivity index (χ3n) is 4.58. The van der Waals surface area contributed by atoms with Crippen LogP contribution in [0.15, 0.2) is 72.8 Å². The summed E-state index contributed by atoms with van der Waals surface area (Å²) in [6, 6.07) is 19.0. The number of rotatable bonds is 10. The minimum Gasteiger partial charge on any atom is -0.494 e. The van der Waals surface area contributed by atoms with Crippen molar-refractivity contribution in [3.05, 3.63) is 84.2 Å². The molecule has 0 fully saturated rings. The van der Waals surface area contributed by atoms with Gasteiger partial charge in [0.25, 0.3) is 5.91 Å². The van der Waals surface area contributed by atoms with E-state index >= 15 is 0 Å². The largest absolute Gasteiger partial charge is 0.494 e. The van der Waals surface area contributed by atoms with Crippen LogP contribution < -0.4 is 19.1 Å². The zero-order chi connectivity index (χ0) is 23.8. The lowest BCUT2D eigenvalue weighted by Gasteiger charge is -2.22. The Labute approximate surface area is 192 Å². The molecular weight excluding hydrogens is 447 g/mol. The topological polar surface area (TPSA) is 84.9 Å². The van der Waals surface area contributed by atoms with E-state index in [2.05, 4.69) is 5.32 Å². The highest BCUT2D eigenvalue weighted by atomic mass is 32.2. The first-order valence-corrected chi connectivity index (χ1v) is 12.1. The van der Waals surface area contributed by atoms with E-state index in [-0.39, 0.29) is 19.1 Å². The molecule has 0 radical (unpaired) electrons. The van der Waals surface area contributed by atoms with Crippen molar-refractivity contribution in [3.8, 4) is 11.5 Å². The first-order chi connectivity index (χ1) is 15.7. The predicted octanol–water partition coefficient (Wildman–Crippen LogP) is 4.21. The number of benzene rings is 3. The number of sulfonamides is 1. The predicted molar refractivity (Wildman–Crippen MR) is 126 cm³/mol. The van der Waals surface area contributed by atoms with Gasteiger partial charge in [0.15, 0.2) is 6.61 Å². The summed E-state index contributed by atoms with van der Waals surface area (Å²) in [6.45, 7) is 2.30. The van der Waals surface area contributed by atoms with Gasteiger partial charge in [-0.05, 0) is 73.2 Å². The first kappa shape index (κ1) is 24.1. The molecule has 1 N–H and O–H groups in total. The maximum Gasteiger partial charge on any atom is 0.262 e. The van der Waals surface area contributed by atoms with Gasteiger partial charge in [-0.25, -0.2) is 12.8 Å². The molecule has 3 aromatic carbocycles. The number of carbonyl (C=O) groups excluding carboxylic acids is 1. The van der Waals surface area contributed by atoms with Crippen molar-refractivity contribution < 1.29 is 27.1 Å². The molecule has 0 aromatic heterocycles. The van der Waals surface area contributed by atoms with Crippen LogP contribution in [0, 0.1) is 5.82 Å². The van der Waals surface area contributed by atoms with Gasteiger partial charge in [-0.3, -0.25) is 9.10 Å². The zero-order valence-electron chi connectivity index (χ0n) is 18.3. The SMILES string of the molecule is CCOc1ccc(NC(=O)COc2ccc(N(Cc3ccc(F)cc3)S(C)(=O)=O)cc2)cc1. The van der Waals surface area contributed by atoms with Gasteiger partial charge in [0, 0.05) is 5.69 Å². The van der Waals surface area contributed by atoms with Crippen LogP contribution in [0.4, 0.5) is 15.8 Å². The zero-order valence-corrected chi connectivity index (χ0v) is 19.1. The van der Waals surface area contributed by atoms with E-state index in [1.54, 1.807) is 48.5 Å². The van der Waals surface area contributed by atoms with Gasteiger partial charge in [-0.15, -0.1) is 0 Å². The summed E-state index contributed by atoms with van der Waals surface area (Å²) in [7, 11) is -3.58. The molecule has 0 aliphatic carbocycles. The lowest BCUT2D eigenvalue weighted by Crippen LogP contribution is -2.29. The summed E-state index contributed by atoms with van der Waals surface area (Å²) in [6.07, 6.45) is 1.10. The molecule has 7 nitrogen and oxygen atoms in total. The highest BCUT2D eigenvalue weighted by Crippen LogP contribution is 2.24. The van der Waals surface area contributed by atoms with Crippen molar-refractivity contribution >= 4 is 27.3 Å². The van der Waals surface area contributed by atoms with Crippen LogP contribution >= 0.6 is 0 Å². The van der Waals surface area contributed by atoms with Crippen LogP contribution in [-0.4, -0.2) is 33.8 Å². The summed E-state index contributed by atoms with van der Waals surface area (Å²) in [5.74, 6) is 0.403. The highest BCUT2D eigenvalue weighted by Gasteiger charge is 2.18. The molecule has 9 heteroatoms. The Bertz CT molecular complexity index is 1160. The molecule has 0 unspecified atom stereocenters. The van der Waals surface area contributed by atoms with Crippen molar-refractivity contribution in [2.45, 2.75) is 13.5 Å². The van der Waals surface area contributed by atoms with E-state index < -0.39 is 15.8 Å². The fraction of sp³-hybridized carbons (Fsp3) is 0.208. The highest BCUT2D eigenvalue weighted by molar-refractivity contribution is 7.92. The maximum atomic E-state index is 13.1. The Balaban J connectivity index is 1.59. The molecule has 0 heterocycles. The van der Waals surface area contributed by atoms with Crippen molar-refractivity contribution in [1.82, 2.24) is 0 Å². The fourth-order valence-corrected chi connectivity index (χ4v) is 3.90. The lowest BCUT2D eigenvalue weighted by molar-refractivity contribution is -0.118. The Morgan fingerprint density at radius 3 is 2.06 bits per heavy atom. The number of hydrogen-bond donors (Lipinski definition) is 1. The normalized spacial score (nSPS) is 11.0. The summed E-state index contributed by atoms with van der Waals surface area (Å²) >= 11 is 0. The molecule has 174 valence electrons. The number of anilines is 2. The molecular formula is C24H25FN2O5S. The third kappa shape index (κ3) is 7.21. The van der Waals surface area contributed by atoms with E-state index in [1.807, 2.05) is 6.92 Å². The standard InChI is InChI=1S/C24H25FN2O5S/c1-3-31-22-12-8-20(9-13-22)26-24(28)17-32-23-14-10-21(11-15-23)27(33(2,29)30)16-18-4-6-19(25)7-5-18/h4-15H,3,16-17H2,1-2H3,(H,26,28). The Kier molecular flexibility index (Phi) is 7.89. The Morgan fingerprint density at radius 2 is 1.48 bits per heavy atom. The van der Waals surface area contributed by atoms with Gasteiger partial charge in [0.2, 0.25) is 10.0 Å². The van der Waals surface area contributed by atoms with Crippen LogP contribution in [0.25, 0.3) is 0 Å². The Morgan fingerprint density at radius 1 is 0.909 bits per heavy atom. The monoisotopic (exact) mass is 472 g/mol. The van der Waals surface area contributed by atoms with Crippen molar-refractivity contribution in [2.24, 2.45) is 0 Å². The van der Waals surface area contributed by atoms with Gasteiger partial charge in [0.1, 0.15) is 17.3 Å². The number of ether oxygens (including phenoxy) is 2. The van der Waals surface area contributed by atoms with Gasteiger partial charge in [-0.1, -0.05) is 12.1 Å². The van der Waals surface area contributed by atoms with Crippen molar-refractivity contribution in [3.63, 3.8) is 0 Å². The van der Waals surface area contributed by atoms with Crippen LogP contribution in [0.5, 0.6) is 11.5 Å². The number of halogens is 1. The van der Waals surface area contributed by atoms with Crippen LogP contribution in [0.3, 0.4) is 0 Å². The summed E-state index contributed by atoms with van der Waals surface area (Å²) < 4.78 is 49.8. The van der Waals surface area contributed by atoms with Gasteiger partial charge < -0.3 is 14.8 Å². The smallest absolute Gasteiger partial charge is 0.262 e. The lowest BCUT2D eigenvalue weighted by atomic mass is 10.2. The Hall–Kier alpha value is -3.59. The number of nitrogens with one attached hydrogen (secondary N) is 1. The molecule has 0 saturated heterocycles. The quantitative estimate of drug-likeness (QED) is 0.478. The second-order valence-electron chi connectivity index (χ2n) is 7.18. The number of hydrogen-bond acceptors (Lipinski definition) is 5. The molecule has 0 bridgehead atoms. The van der Waals surface area contributed by atoms with Crippen LogP contribution in [0.2, 0.25) is 0 Å². The fourth-order valence-electron chi connectivity index (χ4n) is 3.01. The third-order valence-corrected chi connectivity index (χ3v) is 5.72. The number of nitrogens with zero attached hydrogens (tertiary/aromatic N) is 1. The van der Waals surface area contributed by atoms with E-state index in [9.17, 15) is 17.6 Å². The molecule has 0 atom stereocenters. The van der Waals surface area contributed by atoms with E-state index in [4.69, 9.17) is 9.47 Å². The van der Waals surface area contributed by atoms with E-state index in [0.29, 0.717) is 29.3 Å². The molecule has 0 aliphatic heterocycles. The van der Waals surface area contributed by atoms with Gasteiger partial charge in [-0.2, -0.15) is 0 Å².